The molecule has 22 heavy (non-hydrogen) atoms. The lowest BCUT2D eigenvalue weighted by Crippen LogP contribution is -2.33. The van der Waals surface area contributed by atoms with Gasteiger partial charge in [-0.2, -0.15) is 0 Å². The van der Waals surface area contributed by atoms with Gasteiger partial charge in [0.05, 0.1) is 17.7 Å². The summed E-state index contributed by atoms with van der Waals surface area (Å²) in [7, 11) is 0. The van der Waals surface area contributed by atoms with E-state index in [9.17, 15) is 4.39 Å². The highest BCUT2D eigenvalue weighted by molar-refractivity contribution is 5.82. The largest absolute Gasteiger partial charge is 0.376 e. The van der Waals surface area contributed by atoms with Gasteiger partial charge >= 0.3 is 0 Å². The summed E-state index contributed by atoms with van der Waals surface area (Å²) >= 11 is 0. The maximum atomic E-state index is 14.4. The summed E-state index contributed by atoms with van der Waals surface area (Å²) in [6.45, 7) is 8.04. The van der Waals surface area contributed by atoms with Gasteiger partial charge in [-0.1, -0.05) is 0 Å². The average molecular weight is 305 g/mol. The summed E-state index contributed by atoms with van der Waals surface area (Å²) in [6.07, 6.45) is 1.87. The smallest absolute Gasteiger partial charge is 0.147 e. The van der Waals surface area contributed by atoms with Gasteiger partial charge in [-0.25, -0.2) is 4.39 Å². The van der Waals surface area contributed by atoms with Gasteiger partial charge in [-0.05, 0) is 63.3 Å². The molecule has 0 saturated carbocycles. The lowest BCUT2D eigenvalue weighted by molar-refractivity contribution is -0.0593. The van der Waals surface area contributed by atoms with Crippen LogP contribution < -0.4 is 0 Å². The van der Waals surface area contributed by atoms with Crippen LogP contribution in [0, 0.1) is 5.82 Å². The van der Waals surface area contributed by atoms with E-state index in [0.717, 1.165) is 36.1 Å². The van der Waals surface area contributed by atoms with Crippen molar-refractivity contribution < 1.29 is 13.9 Å². The minimum atomic E-state index is -0.181. The van der Waals surface area contributed by atoms with Crippen LogP contribution >= 0.6 is 0 Å². The molecule has 2 aromatic rings. The number of hydrogen-bond acceptors (Lipinski definition) is 2. The average Bonchev–Trinajstić information content (AvgIpc) is 2.87. The Labute approximate surface area is 130 Å². The van der Waals surface area contributed by atoms with Gasteiger partial charge in [-0.15, -0.1) is 0 Å². The van der Waals surface area contributed by atoms with Crippen LogP contribution in [0.15, 0.2) is 18.2 Å². The Bertz CT molecular complexity index is 662. The van der Waals surface area contributed by atoms with Crippen molar-refractivity contribution in [1.82, 2.24) is 4.98 Å². The predicted molar refractivity (Wildman–Crippen MR) is 85.6 cm³/mol. The van der Waals surface area contributed by atoms with E-state index in [2.05, 4.69) is 24.9 Å². The summed E-state index contributed by atoms with van der Waals surface area (Å²) in [5.41, 5.74) is 2.43. The van der Waals surface area contributed by atoms with E-state index in [0.29, 0.717) is 24.6 Å². The summed E-state index contributed by atoms with van der Waals surface area (Å²) in [4.78, 5) is 3.12. The van der Waals surface area contributed by atoms with Crippen LogP contribution in [0.1, 0.15) is 50.8 Å². The fourth-order valence-electron chi connectivity index (χ4n) is 3.32. The minimum absolute atomic E-state index is 0.132. The zero-order chi connectivity index (χ0) is 15.7. The fourth-order valence-corrected chi connectivity index (χ4v) is 3.32. The van der Waals surface area contributed by atoms with Crippen molar-refractivity contribution in [1.29, 1.82) is 0 Å². The molecule has 0 aliphatic carbocycles. The van der Waals surface area contributed by atoms with Crippen molar-refractivity contribution in [3.63, 3.8) is 0 Å². The Hall–Kier alpha value is -1.39. The SMILES string of the molecule is CCOCc1cc2cc(C3CCOC(C)(C)C3)cc(F)c2[nH]1. The summed E-state index contributed by atoms with van der Waals surface area (Å²) in [5, 5.41) is 0.925. The molecule has 1 aromatic carbocycles. The molecule has 4 heteroatoms. The Morgan fingerprint density at radius 2 is 2.18 bits per heavy atom. The number of halogens is 1. The Morgan fingerprint density at radius 1 is 1.36 bits per heavy atom. The van der Waals surface area contributed by atoms with E-state index in [4.69, 9.17) is 9.47 Å². The van der Waals surface area contributed by atoms with Crippen LogP contribution in [0.4, 0.5) is 4.39 Å². The molecule has 1 fully saturated rings. The van der Waals surface area contributed by atoms with E-state index in [1.165, 1.54) is 0 Å². The molecule has 0 bridgehead atoms. The topological polar surface area (TPSA) is 34.2 Å². The van der Waals surface area contributed by atoms with Crippen molar-refractivity contribution in [3.05, 3.63) is 35.3 Å². The molecule has 1 N–H and O–H groups in total. The van der Waals surface area contributed by atoms with Gasteiger partial charge < -0.3 is 14.5 Å². The first-order chi connectivity index (χ1) is 10.5. The zero-order valence-corrected chi connectivity index (χ0v) is 13.5. The van der Waals surface area contributed by atoms with Crippen molar-refractivity contribution in [2.75, 3.05) is 13.2 Å². The van der Waals surface area contributed by atoms with Gasteiger partial charge in [0.25, 0.3) is 0 Å². The standard InChI is InChI=1S/C18H24FNO2/c1-4-21-11-15-8-14-7-13(9-16(19)17(14)20-15)12-5-6-22-18(2,3)10-12/h7-9,12,20H,4-6,10-11H2,1-3H3. The molecule has 0 amide bonds. The van der Waals surface area contributed by atoms with E-state index >= 15 is 0 Å². The van der Waals surface area contributed by atoms with Gasteiger partial charge in [0.2, 0.25) is 0 Å². The molecular formula is C18H24FNO2. The number of aromatic nitrogens is 1. The summed E-state index contributed by atoms with van der Waals surface area (Å²) in [5.74, 6) is 0.174. The van der Waals surface area contributed by atoms with Gasteiger partial charge in [-0.3, -0.25) is 0 Å². The number of H-pyrrole nitrogens is 1. The molecule has 1 aliphatic rings. The predicted octanol–water partition coefficient (Wildman–Crippen LogP) is 4.52. The molecule has 2 heterocycles. The van der Waals surface area contributed by atoms with E-state index in [1.807, 2.05) is 13.0 Å². The number of fused-ring (bicyclic) bond motifs is 1. The molecule has 0 radical (unpaired) electrons. The molecule has 1 saturated heterocycles. The van der Waals surface area contributed by atoms with Crippen LogP contribution in [-0.2, 0) is 16.1 Å². The lowest BCUT2D eigenvalue weighted by atomic mass is 9.83. The van der Waals surface area contributed by atoms with Crippen molar-refractivity contribution in [2.45, 2.75) is 51.7 Å². The number of ether oxygens (including phenoxy) is 2. The molecule has 1 aliphatic heterocycles. The van der Waals surface area contributed by atoms with Gasteiger partial charge in [0.1, 0.15) is 5.82 Å². The number of rotatable bonds is 4. The quantitative estimate of drug-likeness (QED) is 0.901. The number of aromatic amines is 1. The highest BCUT2D eigenvalue weighted by Crippen LogP contribution is 2.37. The summed E-state index contributed by atoms with van der Waals surface area (Å²) in [6, 6.07) is 5.77. The maximum absolute atomic E-state index is 14.4. The molecule has 1 unspecified atom stereocenters. The number of hydrogen-bond donors (Lipinski definition) is 1. The molecule has 3 rings (SSSR count). The monoisotopic (exact) mass is 305 g/mol. The zero-order valence-electron chi connectivity index (χ0n) is 13.5. The highest BCUT2D eigenvalue weighted by Gasteiger charge is 2.30. The first-order valence-corrected chi connectivity index (χ1v) is 8.01. The molecular weight excluding hydrogens is 281 g/mol. The van der Waals surface area contributed by atoms with Gasteiger partial charge in [0, 0.05) is 24.3 Å². The maximum Gasteiger partial charge on any atom is 0.147 e. The van der Waals surface area contributed by atoms with E-state index in [-0.39, 0.29) is 11.4 Å². The minimum Gasteiger partial charge on any atom is -0.376 e. The molecule has 1 atom stereocenters. The van der Waals surface area contributed by atoms with Crippen LogP contribution in [0.2, 0.25) is 0 Å². The van der Waals surface area contributed by atoms with Crippen molar-refractivity contribution in [3.8, 4) is 0 Å². The number of benzene rings is 1. The van der Waals surface area contributed by atoms with Crippen LogP contribution in [0.25, 0.3) is 10.9 Å². The first kappa shape index (κ1) is 15.5. The normalized spacial score (nSPS) is 21.4. The number of nitrogens with one attached hydrogen (secondary N) is 1. The Morgan fingerprint density at radius 3 is 2.91 bits per heavy atom. The third-order valence-corrected chi connectivity index (χ3v) is 4.39. The van der Waals surface area contributed by atoms with Crippen LogP contribution in [0.5, 0.6) is 0 Å². The van der Waals surface area contributed by atoms with E-state index < -0.39 is 0 Å². The second-order valence-corrected chi connectivity index (χ2v) is 6.70. The Balaban J connectivity index is 1.91. The molecule has 120 valence electrons. The van der Waals surface area contributed by atoms with E-state index in [1.54, 1.807) is 6.07 Å². The molecule has 0 spiro atoms. The van der Waals surface area contributed by atoms with Crippen molar-refractivity contribution in [2.24, 2.45) is 0 Å². The van der Waals surface area contributed by atoms with Crippen molar-refractivity contribution >= 4 is 10.9 Å². The van der Waals surface area contributed by atoms with Crippen LogP contribution in [-0.4, -0.2) is 23.8 Å². The molecule has 3 nitrogen and oxygen atoms in total. The third-order valence-electron chi connectivity index (χ3n) is 4.39. The highest BCUT2D eigenvalue weighted by atomic mass is 19.1. The molecule has 1 aromatic heterocycles. The fraction of sp³-hybridized carbons (Fsp3) is 0.556. The Kier molecular flexibility index (Phi) is 4.24. The van der Waals surface area contributed by atoms with Gasteiger partial charge in [0.15, 0.2) is 0 Å². The first-order valence-electron chi connectivity index (χ1n) is 8.01. The third kappa shape index (κ3) is 3.18. The second kappa shape index (κ2) is 6.01. The second-order valence-electron chi connectivity index (χ2n) is 6.70. The van der Waals surface area contributed by atoms with Crippen LogP contribution in [0.3, 0.4) is 0 Å². The lowest BCUT2D eigenvalue weighted by Gasteiger charge is -2.35. The summed E-state index contributed by atoms with van der Waals surface area (Å²) < 4.78 is 25.6.